The van der Waals surface area contributed by atoms with E-state index in [9.17, 15) is 18.0 Å². The third kappa shape index (κ3) is 6.87. The van der Waals surface area contributed by atoms with Crippen molar-refractivity contribution in [1.29, 1.82) is 0 Å². The quantitative estimate of drug-likeness (QED) is 0.338. The largest absolute Gasteiger partial charge is 0.573 e. The molecule has 0 saturated carbocycles. The normalized spacial score (nSPS) is 13.0. The summed E-state index contributed by atoms with van der Waals surface area (Å²) in [6, 6.07) is 14.8. The molecule has 0 amide bonds. The van der Waals surface area contributed by atoms with Crippen LogP contribution in [0.5, 0.6) is 5.75 Å². The van der Waals surface area contributed by atoms with Gasteiger partial charge in [-0.25, -0.2) is 0 Å². The lowest BCUT2D eigenvalue weighted by atomic mass is 10.0. The number of alkyl halides is 3. The van der Waals surface area contributed by atoms with Gasteiger partial charge in [-0.1, -0.05) is 54.6 Å². The summed E-state index contributed by atoms with van der Waals surface area (Å²) < 4.78 is 40.9. The SMILES string of the molecule is CN=C(/C=C/c1ccccc1)CC=C(C)C(=O)c1cccc(OC(F)(F)F)c1. The predicted octanol–water partition coefficient (Wildman–Crippen LogP) is 5.89. The molecule has 2 aromatic carbocycles. The molecule has 0 atom stereocenters. The monoisotopic (exact) mass is 387 g/mol. The van der Waals surface area contributed by atoms with Crippen LogP contribution in [-0.4, -0.2) is 24.9 Å². The summed E-state index contributed by atoms with van der Waals surface area (Å²) in [5.41, 5.74) is 2.34. The number of ketones is 1. The highest BCUT2D eigenvalue weighted by molar-refractivity contribution is 6.09. The molecule has 0 aliphatic carbocycles. The lowest BCUT2D eigenvalue weighted by Gasteiger charge is -2.09. The first-order valence-electron chi connectivity index (χ1n) is 8.54. The molecule has 0 spiro atoms. The zero-order chi connectivity index (χ0) is 20.6. The van der Waals surface area contributed by atoms with Crippen LogP contribution in [-0.2, 0) is 0 Å². The lowest BCUT2D eigenvalue weighted by molar-refractivity contribution is -0.274. The van der Waals surface area contributed by atoms with Crippen molar-refractivity contribution >= 4 is 17.6 Å². The Balaban J connectivity index is 2.06. The molecule has 28 heavy (non-hydrogen) atoms. The summed E-state index contributed by atoms with van der Waals surface area (Å²) in [5, 5.41) is 0. The Labute approximate surface area is 161 Å². The third-order valence-electron chi connectivity index (χ3n) is 3.86. The second-order valence-corrected chi connectivity index (χ2v) is 5.95. The predicted molar refractivity (Wildman–Crippen MR) is 105 cm³/mol. The second-order valence-electron chi connectivity index (χ2n) is 5.95. The molecule has 6 heteroatoms. The minimum Gasteiger partial charge on any atom is -0.406 e. The Kier molecular flexibility index (Phi) is 7.32. The van der Waals surface area contributed by atoms with Crippen LogP contribution in [0.1, 0.15) is 29.3 Å². The number of carbonyl (C=O) groups excluding carboxylic acids is 1. The highest BCUT2D eigenvalue weighted by Crippen LogP contribution is 2.24. The molecule has 0 aliphatic rings. The van der Waals surface area contributed by atoms with E-state index < -0.39 is 12.1 Å². The maximum absolute atomic E-state index is 12.5. The molecule has 146 valence electrons. The van der Waals surface area contributed by atoms with E-state index in [4.69, 9.17) is 0 Å². The van der Waals surface area contributed by atoms with Gasteiger partial charge in [-0.3, -0.25) is 9.79 Å². The van der Waals surface area contributed by atoms with Crippen LogP contribution in [0.3, 0.4) is 0 Å². The molecule has 2 aromatic rings. The fraction of sp³-hybridized carbons (Fsp3) is 0.182. The number of Topliss-reactive ketones (excluding diaryl/α,β-unsaturated/α-hetero) is 1. The van der Waals surface area contributed by atoms with Gasteiger partial charge in [0.15, 0.2) is 5.78 Å². The van der Waals surface area contributed by atoms with Crippen LogP contribution in [0.2, 0.25) is 0 Å². The van der Waals surface area contributed by atoms with Gasteiger partial charge in [-0.15, -0.1) is 13.2 Å². The van der Waals surface area contributed by atoms with Crippen LogP contribution in [0.25, 0.3) is 6.08 Å². The van der Waals surface area contributed by atoms with Gasteiger partial charge in [0.1, 0.15) is 5.75 Å². The molecular weight excluding hydrogens is 367 g/mol. The smallest absolute Gasteiger partial charge is 0.406 e. The Morgan fingerprint density at radius 1 is 1.11 bits per heavy atom. The third-order valence-corrected chi connectivity index (χ3v) is 3.86. The van der Waals surface area contributed by atoms with E-state index in [-0.39, 0.29) is 11.3 Å². The van der Waals surface area contributed by atoms with Gasteiger partial charge >= 0.3 is 6.36 Å². The molecule has 0 heterocycles. The average molecular weight is 387 g/mol. The molecular formula is C22H20F3NO2. The van der Waals surface area contributed by atoms with Crippen LogP contribution in [0, 0.1) is 0 Å². The number of halogens is 3. The van der Waals surface area contributed by atoms with Gasteiger partial charge in [0.2, 0.25) is 0 Å². The van der Waals surface area contributed by atoms with Crippen molar-refractivity contribution in [2.45, 2.75) is 19.7 Å². The summed E-state index contributed by atoms with van der Waals surface area (Å²) in [4.78, 5) is 16.7. The molecule has 0 bridgehead atoms. The number of benzene rings is 2. The van der Waals surface area contributed by atoms with Crippen molar-refractivity contribution in [3.63, 3.8) is 0 Å². The first kappa shape index (κ1) is 21.2. The average Bonchev–Trinajstić information content (AvgIpc) is 2.67. The molecule has 0 aliphatic heterocycles. The highest BCUT2D eigenvalue weighted by Gasteiger charge is 2.31. The summed E-state index contributed by atoms with van der Waals surface area (Å²) in [5.74, 6) is -0.789. The van der Waals surface area contributed by atoms with Gasteiger partial charge in [-0.2, -0.15) is 0 Å². The molecule has 0 unspecified atom stereocenters. The molecule has 0 radical (unpaired) electrons. The minimum atomic E-state index is -4.80. The van der Waals surface area contributed by atoms with E-state index >= 15 is 0 Å². The van der Waals surface area contributed by atoms with E-state index in [0.717, 1.165) is 23.4 Å². The van der Waals surface area contributed by atoms with Crippen LogP contribution >= 0.6 is 0 Å². The fourth-order valence-electron chi connectivity index (χ4n) is 2.40. The Morgan fingerprint density at radius 3 is 2.46 bits per heavy atom. The van der Waals surface area contributed by atoms with E-state index in [1.54, 1.807) is 20.0 Å². The number of hydrogen-bond donors (Lipinski definition) is 0. The molecule has 2 rings (SSSR count). The van der Waals surface area contributed by atoms with Gasteiger partial charge < -0.3 is 4.74 Å². The number of aliphatic imine (C=N–C) groups is 1. The summed E-state index contributed by atoms with van der Waals surface area (Å²) in [6.07, 6.45) is 1.12. The molecule has 0 fully saturated rings. The van der Waals surface area contributed by atoms with Gasteiger partial charge in [0.25, 0.3) is 0 Å². The zero-order valence-corrected chi connectivity index (χ0v) is 15.5. The van der Waals surface area contributed by atoms with Crippen LogP contribution in [0.4, 0.5) is 13.2 Å². The first-order chi connectivity index (χ1) is 13.3. The Hall–Kier alpha value is -3.15. The van der Waals surface area contributed by atoms with Crippen molar-refractivity contribution < 1.29 is 22.7 Å². The Bertz CT molecular complexity index is 897. The summed E-state index contributed by atoms with van der Waals surface area (Å²) >= 11 is 0. The van der Waals surface area contributed by atoms with Gasteiger partial charge in [0, 0.05) is 24.7 Å². The van der Waals surface area contributed by atoms with Crippen molar-refractivity contribution in [1.82, 2.24) is 0 Å². The van der Waals surface area contributed by atoms with Gasteiger partial charge in [0.05, 0.1) is 0 Å². The molecule has 0 aromatic heterocycles. The topological polar surface area (TPSA) is 38.7 Å². The fourth-order valence-corrected chi connectivity index (χ4v) is 2.40. The minimum absolute atomic E-state index is 0.130. The van der Waals surface area contributed by atoms with Gasteiger partial charge in [-0.05, 0) is 36.3 Å². The maximum Gasteiger partial charge on any atom is 0.573 e. The zero-order valence-electron chi connectivity index (χ0n) is 15.5. The van der Waals surface area contributed by atoms with Crippen molar-refractivity contribution in [2.75, 3.05) is 7.05 Å². The lowest BCUT2D eigenvalue weighted by Crippen LogP contribution is -2.17. The van der Waals surface area contributed by atoms with E-state index in [1.165, 1.54) is 12.1 Å². The number of ether oxygens (including phenoxy) is 1. The highest BCUT2D eigenvalue weighted by atomic mass is 19.4. The number of carbonyl (C=O) groups is 1. The molecule has 0 N–H and O–H groups in total. The molecule has 0 saturated heterocycles. The van der Waals surface area contributed by atoms with Crippen molar-refractivity contribution in [2.24, 2.45) is 4.99 Å². The second kappa shape index (κ2) is 9.69. The van der Waals surface area contributed by atoms with E-state index in [0.29, 0.717) is 12.0 Å². The number of rotatable bonds is 7. The van der Waals surface area contributed by atoms with E-state index in [1.807, 2.05) is 42.5 Å². The van der Waals surface area contributed by atoms with Crippen molar-refractivity contribution in [3.05, 3.63) is 83.4 Å². The number of nitrogens with zero attached hydrogens (tertiary/aromatic N) is 1. The number of hydrogen-bond acceptors (Lipinski definition) is 3. The van der Waals surface area contributed by atoms with Crippen LogP contribution in [0.15, 0.2) is 77.3 Å². The summed E-state index contributed by atoms with van der Waals surface area (Å²) in [7, 11) is 1.66. The number of allylic oxidation sites excluding steroid dienone is 3. The van der Waals surface area contributed by atoms with E-state index in [2.05, 4.69) is 9.73 Å². The first-order valence-corrected chi connectivity index (χ1v) is 8.54. The van der Waals surface area contributed by atoms with Crippen LogP contribution < -0.4 is 4.74 Å². The Morgan fingerprint density at radius 2 is 1.82 bits per heavy atom. The standard InChI is InChI=1S/C22H20F3NO2/c1-16(11-13-19(26-2)14-12-17-7-4-3-5-8-17)21(27)18-9-6-10-20(15-18)28-22(23,24)25/h3-12,14-15H,13H2,1-2H3/b14-12+,16-11?,26-19?. The van der Waals surface area contributed by atoms with Crippen molar-refractivity contribution in [3.8, 4) is 5.75 Å². The maximum atomic E-state index is 12.5. The summed E-state index contributed by atoms with van der Waals surface area (Å²) in [6.45, 7) is 1.62. The molecule has 3 nitrogen and oxygen atoms in total.